The minimum Gasteiger partial charge on any atom is -0.495 e. The summed E-state index contributed by atoms with van der Waals surface area (Å²) >= 11 is 0. The molecule has 31 heavy (non-hydrogen) atoms. The van der Waals surface area contributed by atoms with Crippen LogP contribution >= 0.6 is 0 Å². The molecule has 3 nitrogen and oxygen atoms in total. The first-order valence-electron chi connectivity index (χ1n) is 10.8. The molecule has 0 aliphatic carbocycles. The lowest BCUT2D eigenvalue weighted by molar-refractivity contribution is 0.413. The third kappa shape index (κ3) is 4.10. The molecule has 0 amide bonds. The topological polar surface area (TPSA) is 27.1 Å². The van der Waals surface area contributed by atoms with Crippen LogP contribution in [0.5, 0.6) is 5.75 Å². The Kier molecular flexibility index (Phi) is 5.17. The van der Waals surface area contributed by atoms with Gasteiger partial charge in [0.05, 0.1) is 23.8 Å². The van der Waals surface area contributed by atoms with Crippen LogP contribution in [0.1, 0.15) is 52.7 Å². The molecular formula is C28H32N2O. The molecule has 0 saturated carbocycles. The average molecular weight is 413 g/mol. The third-order valence-electron chi connectivity index (χ3n) is 5.89. The van der Waals surface area contributed by atoms with Gasteiger partial charge >= 0.3 is 0 Å². The summed E-state index contributed by atoms with van der Waals surface area (Å²) in [4.78, 5) is 4.71. The van der Waals surface area contributed by atoms with E-state index in [-0.39, 0.29) is 10.8 Å². The molecule has 1 heterocycles. The van der Waals surface area contributed by atoms with Gasteiger partial charge < -0.3 is 4.74 Å². The summed E-state index contributed by atoms with van der Waals surface area (Å²) < 4.78 is 7.64. The number of hydrogen-bond acceptors (Lipinski definition) is 2. The summed E-state index contributed by atoms with van der Waals surface area (Å²) in [5.74, 6) is 0.832. The highest BCUT2D eigenvalue weighted by molar-refractivity contribution is 5.84. The van der Waals surface area contributed by atoms with Gasteiger partial charge in [0, 0.05) is 0 Å². The van der Waals surface area contributed by atoms with E-state index in [1.54, 1.807) is 7.11 Å². The number of para-hydroxylation sites is 2. The van der Waals surface area contributed by atoms with Crippen molar-refractivity contribution in [3.8, 4) is 22.6 Å². The maximum Gasteiger partial charge on any atom is 0.142 e. The van der Waals surface area contributed by atoms with Crippen molar-refractivity contribution >= 4 is 11.0 Å². The van der Waals surface area contributed by atoms with Crippen molar-refractivity contribution in [1.29, 1.82) is 0 Å². The lowest BCUT2D eigenvalue weighted by Gasteiger charge is -2.26. The SMILES string of the molecule is COc1ccccc1-n1cnc2cc(-c3cc(C(C)(C)C)cc(C(C)(C)C)c3)ccc21. The van der Waals surface area contributed by atoms with Gasteiger partial charge in [-0.25, -0.2) is 4.98 Å². The quantitative estimate of drug-likeness (QED) is 0.353. The Morgan fingerprint density at radius 3 is 2.00 bits per heavy atom. The number of rotatable bonds is 3. The van der Waals surface area contributed by atoms with E-state index < -0.39 is 0 Å². The Bertz CT molecular complexity index is 1200. The van der Waals surface area contributed by atoms with Gasteiger partial charge in [0.2, 0.25) is 0 Å². The zero-order valence-corrected chi connectivity index (χ0v) is 19.7. The maximum atomic E-state index is 5.55. The Balaban J connectivity index is 1.85. The van der Waals surface area contributed by atoms with Crippen molar-refractivity contribution in [3.05, 3.63) is 78.1 Å². The van der Waals surface area contributed by atoms with Gasteiger partial charge in [-0.05, 0) is 57.3 Å². The smallest absolute Gasteiger partial charge is 0.142 e. The zero-order valence-electron chi connectivity index (χ0n) is 19.7. The molecule has 3 heteroatoms. The van der Waals surface area contributed by atoms with E-state index >= 15 is 0 Å². The van der Waals surface area contributed by atoms with Crippen LogP contribution in [0.25, 0.3) is 27.8 Å². The van der Waals surface area contributed by atoms with E-state index in [1.165, 1.54) is 22.3 Å². The molecule has 160 valence electrons. The number of methoxy groups -OCH3 is 1. The fraction of sp³-hybridized carbons (Fsp3) is 0.321. The predicted molar refractivity (Wildman–Crippen MR) is 130 cm³/mol. The highest BCUT2D eigenvalue weighted by Crippen LogP contribution is 2.35. The number of nitrogens with zero attached hydrogens (tertiary/aromatic N) is 2. The number of fused-ring (bicyclic) bond motifs is 1. The summed E-state index contributed by atoms with van der Waals surface area (Å²) in [6.07, 6.45) is 1.87. The van der Waals surface area contributed by atoms with Gasteiger partial charge in [-0.1, -0.05) is 77.9 Å². The highest BCUT2D eigenvalue weighted by Gasteiger charge is 2.21. The summed E-state index contributed by atoms with van der Waals surface area (Å²) in [5, 5.41) is 0. The number of imidazole rings is 1. The van der Waals surface area contributed by atoms with Crippen LogP contribution in [-0.4, -0.2) is 16.7 Å². The van der Waals surface area contributed by atoms with Crippen molar-refractivity contribution in [2.45, 2.75) is 52.4 Å². The molecule has 0 aliphatic heterocycles. The van der Waals surface area contributed by atoms with Crippen molar-refractivity contribution in [2.24, 2.45) is 0 Å². The first kappa shape index (κ1) is 21.2. The largest absolute Gasteiger partial charge is 0.495 e. The number of aromatic nitrogens is 2. The molecule has 0 bridgehead atoms. The molecule has 1 aromatic heterocycles. The standard InChI is InChI=1S/C28H32N2O/c1-27(2,3)21-14-20(15-22(17-21)28(4,5)6)19-12-13-24-23(16-19)29-18-30(24)25-10-8-9-11-26(25)31-7/h8-18H,1-7H3. The minimum absolute atomic E-state index is 0.0888. The second-order valence-corrected chi connectivity index (χ2v) is 10.3. The number of ether oxygens (including phenoxy) is 1. The molecule has 0 fully saturated rings. The summed E-state index contributed by atoms with van der Waals surface area (Å²) in [5.41, 5.74) is 8.35. The fourth-order valence-electron chi connectivity index (χ4n) is 3.87. The Morgan fingerprint density at radius 2 is 1.39 bits per heavy atom. The van der Waals surface area contributed by atoms with Gasteiger partial charge in [0.25, 0.3) is 0 Å². The lowest BCUT2D eigenvalue weighted by atomic mass is 9.79. The van der Waals surface area contributed by atoms with Gasteiger partial charge in [-0.2, -0.15) is 0 Å². The Morgan fingerprint density at radius 1 is 0.742 bits per heavy atom. The molecule has 0 aliphatic rings. The lowest BCUT2D eigenvalue weighted by Crippen LogP contribution is -2.16. The summed E-state index contributed by atoms with van der Waals surface area (Å²) in [7, 11) is 1.70. The van der Waals surface area contributed by atoms with Crippen LogP contribution in [0, 0.1) is 0 Å². The van der Waals surface area contributed by atoms with Crippen molar-refractivity contribution in [1.82, 2.24) is 9.55 Å². The van der Waals surface area contributed by atoms with E-state index in [0.29, 0.717) is 0 Å². The average Bonchev–Trinajstić information content (AvgIpc) is 3.15. The minimum atomic E-state index is 0.0888. The molecule has 0 N–H and O–H groups in total. The van der Waals surface area contributed by atoms with E-state index in [2.05, 4.69) is 88.6 Å². The van der Waals surface area contributed by atoms with E-state index in [0.717, 1.165) is 22.5 Å². The Hall–Kier alpha value is -3.07. The van der Waals surface area contributed by atoms with Crippen LogP contribution in [0.4, 0.5) is 0 Å². The maximum absolute atomic E-state index is 5.55. The molecule has 0 atom stereocenters. The van der Waals surface area contributed by atoms with E-state index in [1.807, 2.05) is 24.5 Å². The summed E-state index contributed by atoms with van der Waals surface area (Å²) in [6, 6.07) is 21.6. The van der Waals surface area contributed by atoms with E-state index in [4.69, 9.17) is 9.72 Å². The molecule has 4 rings (SSSR count). The summed E-state index contributed by atoms with van der Waals surface area (Å²) in [6.45, 7) is 13.6. The van der Waals surface area contributed by atoms with Crippen molar-refractivity contribution in [3.63, 3.8) is 0 Å². The Labute approximate surface area is 185 Å². The van der Waals surface area contributed by atoms with Gasteiger partial charge in [-0.3, -0.25) is 4.57 Å². The molecule has 0 unspecified atom stereocenters. The van der Waals surface area contributed by atoms with Crippen LogP contribution in [0.3, 0.4) is 0 Å². The van der Waals surface area contributed by atoms with E-state index in [9.17, 15) is 0 Å². The second kappa shape index (κ2) is 7.56. The molecule has 0 spiro atoms. The second-order valence-electron chi connectivity index (χ2n) is 10.3. The van der Waals surface area contributed by atoms with Crippen LogP contribution < -0.4 is 4.74 Å². The molecule has 0 saturated heterocycles. The number of benzene rings is 3. The van der Waals surface area contributed by atoms with Crippen molar-refractivity contribution in [2.75, 3.05) is 7.11 Å². The molecule has 0 radical (unpaired) electrons. The molecular weight excluding hydrogens is 380 g/mol. The third-order valence-corrected chi connectivity index (χ3v) is 5.89. The molecule has 4 aromatic rings. The predicted octanol–water partition coefficient (Wildman–Crippen LogP) is 7.30. The van der Waals surface area contributed by atoms with Gasteiger partial charge in [0.15, 0.2) is 0 Å². The highest BCUT2D eigenvalue weighted by atomic mass is 16.5. The van der Waals surface area contributed by atoms with Crippen LogP contribution in [0.2, 0.25) is 0 Å². The first-order valence-corrected chi connectivity index (χ1v) is 10.8. The number of hydrogen-bond donors (Lipinski definition) is 0. The normalized spacial score (nSPS) is 12.4. The zero-order chi connectivity index (χ0) is 22.4. The van der Waals surface area contributed by atoms with Gasteiger partial charge in [-0.15, -0.1) is 0 Å². The fourth-order valence-corrected chi connectivity index (χ4v) is 3.87. The van der Waals surface area contributed by atoms with Crippen LogP contribution in [0.15, 0.2) is 67.0 Å². The van der Waals surface area contributed by atoms with Gasteiger partial charge in [0.1, 0.15) is 12.1 Å². The molecule has 3 aromatic carbocycles. The van der Waals surface area contributed by atoms with Crippen LogP contribution in [-0.2, 0) is 10.8 Å². The monoisotopic (exact) mass is 412 g/mol. The van der Waals surface area contributed by atoms with Crippen molar-refractivity contribution < 1.29 is 4.74 Å². The first-order chi connectivity index (χ1) is 14.6.